The standard InChI is InChI=1S/C11H24N4O3S/c1-2-9-13-19(17,18)15-11(10(12)14-16)7-5-3-4-6-8-11/h13,15-16H,2-9H2,1H3,(H2,12,14). The number of hydrogen-bond donors (Lipinski definition) is 4. The van der Waals surface area contributed by atoms with Crippen molar-refractivity contribution in [3.05, 3.63) is 0 Å². The van der Waals surface area contributed by atoms with E-state index in [0.29, 0.717) is 25.8 Å². The van der Waals surface area contributed by atoms with Crippen LogP contribution in [-0.2, 0) is 10.2 Å². The fraction of sp³-hybridized carbons (Fsp3) is 0.909. The molecule has 0 aromatic heterocycles. The van der Waals surface area contributed by atoms with Gasteiger partial charge >= 0.3 is 0 Å². The summed E-state index contributed by atoms with van der Waals surface area (Å²) in [4.78, 5) is 0. The Morgan fingerprint density at radius 1 is 1.32 bits per heavy atom. The normalized spacial score (nSPS) is 21.0. The molecule has 0 spiro atoms. The molecule has 1 aliphatic carbocycles. The minimum absolute atomic E-state index is 0.0590. The van der Waals surface area contributed by atoms with Gasteiger partial charge in [0.1, 0.15) is 0 Å². The fourth-order valence-corrected chi connectivity index (χ4v) is 3.74. The molecule has 0 saturated heterocycles. The third-order valence-electron chi connectivity index (χ3n) is 3.43. The molecule has 0 unspecified atom stereocenters. The van der Waals surface area contributed by atoms with Gasteiger partial charge in [0.15, 0.2) is 5.84 Å². The van der Waals surface area contributed by atoms with E-state index in [1.165, 1.54) is 0 Å². The molecule has 1 fully saturated rings. The Morgan fingerprint density at radius 3 is 2.37 bits per heavy atom. The van der Waals surface area contributed by atoms with Crippen molar-refractivity contribution in [2.45, 2.75) is 57.4 Å². The summed E-state index contributed by atoms with van der Waals surface area (Å²) in [6.45, 7) is 2.25. The van der Waals surface area contributed by atoms with Crippen LogP contribution in [0.4, 0.5) is 0 Å². The molecule has 0 atom stereocenters. The van der Waals surface area contributed by atoms with Gasteiger partial charge in [-0.25, -0.2) is 4.72 Å². The van der Waals surface area contributed by atoms with E-state index in [1.54, 1.807) is 0 Å². The highest BCUT2D eigenvalue weighted by Gasteiger charge is 2.39. The van der Waals surface area contributed by atoms with Crippen LogP contribution in [0.3, 0.4) is 0 Å². The highest BCUT2D eigenvalue weighted by atomic mass is 32.2. The number of amidine groups is 1. The van der Waals surface area contributed by atoms with Gasteiger partial charge in [-0.3, -0.25) is 0 Å². The highest BCUT2D eigenvalue weighted by molar-refractivity contribution is 7.87. The van der Waals surface area contributed by atoms with Crippen LogP contribution in [0.2, 0.25) is 0 Å². The molecule has 1 rings (SSSR count). The fourth-order valence-electron chi connectivity index (χ4n) is 2.37. The molecule has 0 heterocycles. The third-order valence-corrected chi connectivity index (χ3v) is 4.67. The molecular formula is C11H24N4O3S. The second kappa shape index (κ2) is 7.06. The van der Waals surface area contributed by atoms with E-state index in [9.17, 15) is 8.42 Å². The van der Waals surface area contributed by atoms with Crippen molar-refractivity contribution in [2.24, 2.45) is 10.9 Å². The lowest BCUT2D eigenvalue weighted by Crippen LogP contribution is -2.59. The van der Waals surface area contributed by atoms with Crippen LogP contribution in [0.5, 0.6) is 0 Å². The minimum Gasteiger partial charge on any atom is -0.409 e. The molecule has 1 saturated carbocycles. The van der Waals surface area contributed by atoms with Crippen LogP contribution < -0.4 is 15.2 Å². The van der Waals surface area contributed by atoms with E-state index in [-0.39, 0.29) is 5.84 Å². The number of oxime groups is 1. The quantitative estimate of drug-likeness (QED) is 0.189. The first kappa shape index (κ1) is 16.2. The first-order chi connectivity index (χ1) is 8.96. The lowest BCUT2D eigenvalue weighted by molar-refractivity contribution is 0.305. The molecule has 112 valence electrons. The molecule has 0 amide bonds. The Balaban J connectivity index is 2.91. The topological polar surface area (TPSA) is 117 Å². The van der Waals surface area contributed by atoms with Gasteiger partial charge in [0, 0.05) is 6.54 Å². The second-order valence-corrected chi connectivity index (χ2v) is 6.48. The average Bonchev–Trinajstić information content (AvgIpc) is 2.61. The van der Waals surface area contributed by atoms with Gasteiger partial charge in [-0.2, -0.15) is 13.1 Å². The number of nitrogens with two attached hydrogens (primary N) is 1. The predicted molar refractivity (Wildman–Crippen MR) is 74.2 cm³/mol. The zero-order valence-corrected chi connectivity index (χ0v) is 12.2. The van der Waals surface area contributed by atoms with Crippen LogP contribution in [0.15, 0.2) is 5.16 Å². The molecule has 0 bridgehead atoms. The number of hydrogen-bond acceptors (Lipinski definition) is 4. The Labute approximate surface area is 114 Å². The van der Waals surface area contributed by atoms with Gasteiger partial charge in [0.2, 0.25) is 0 Å². The van der Waals surface area contributed by atoms with E-state index < -0.39 is 15.7 Å². The number of nitrogens with zero attached hydrogens (tertiary/aromatic N) is 1. The van der Waals surface area contributed by atoms with Crippen molar-refractivity contribution in [3.63, 3.8) is 0 Å². The maximum atomic E-state index is 12.0. The summed E-state index contributed by atoms with van der Waals surface area (Å²) >= 11 is 0. The molecule has 19 heavy (non-hydrogen) atoms. The van der Waals surface area contributed by atoms with Crippen molar-refractivity contribution in [2.75, 3.05) is 6.54 Å². The van der Waals surface area contributed by atoms with Crippen LogP contribution in [-0.4, -0.2) is 31.5 Å². The first-order valence-corrected chi connectivity index (χ1v) is 8.20. The van der Waals surface area contributed by atoms with Gasteiger partial charge in [-0.15, -0.1) is 0 Å². The maximum absolute atomic E-state index is 12.0. The molecule has 8 heteroatoms. The van der Waals surface area contributed by atoms with Crippen LogP contribution in [0.1, 0.15) is 51.9 Å². The smallest absolute Gasteiger partial charge is 0.277 e. The van der Waals surface area contributed by atoms with Crippen molar-refractivity contribution < 1.29 is 13.6 Å². The Kier molecular flexibility index (Phi) is 6.02. The molecule has 0 radical (unpaired) electrons. The molecule has 7 nitrogen and oxygen atoms in total. The predicted octanol–water partition coefficient (Wildman–Crippen LogP) is 0.660. The minimum atomic E-state index is -3.65. The van der Waals surface area contributed by atoms with Crippen molar-refractivity contribution in [1.82, 2.24) is 9.44 Å². The van der Waals surface area contributed by atoms with E-state index in [1.807, 2.05) is 6.92 Å². The first-order valence-electron chi connectivity index (χ1n) is 6.72. The van der Waals surface area contributed by atoms with Gasteiger partial charge < -0.3 is 10.9 Å². The molecule has 5 N–H and O–H groups in total. The molecule has 0 aromatic carbocycles. The SMILES string of the molecule is CCCNS(=O)(=O)NC1(C(N)=NO)CCCCCC1. The summed E-state index contributed by atoms with van der Waals surface area (Å²) in [5.41, 5.74) is 4.77. The zero-order valence-electron chi connectivity index (χ0n) is 11.4. The Morgan fingerprint density at radius 2 is 1.89 bits per heavy atom. The molecule has 1 aliphatic rings. The zero-order chi connectivity index (χ0) is 14.4. The summed E-state index contributed by atoms with van der Waals surface area (Å²) in [6.07, 6.45) is 5.58. The summed E-state index contributed by atoms with van der Waals surface area (Å²) < 4.78 is 29.0. The van der Waals surface area contributed by atoms with E-state index >= 15 is 0 Å². The summed E-state index contributed by atoms with van der Waals surface area (Å²) in [6, 6.07) is 0. The van der Waals surface area contributed by atoms with Gasteiger partial charge in [-0.05, 0) is 19.3 Å². The van der Waals surface area contributed by atoms with Crippen molar-refractivity contribution in [1.29, 1.82) is 0 Å². The van der Waals surface area contributed by atoms with Gasteiger partial charge in [0.05, 0.1) is 5.54 Å². The lowest BCUT2D eigenvalue weighted by Gasteiger charge is -2.32. The Bertz CT molecular complexity index is 400. The lowest BCUT2D eigenvalue weighted by atomic mass is 9.90. The summed E-state index contributed by atoms with van der Waals surface area (Å²) in [5.74, 6) is -0.0590. The summed E-state index contributed by atoms with van der Waals surface area (Å²) in [5, 5.41) is 12.0. The van der Waals surface area contributed by atoms with E-state index in [2.05, 4.69) is 14.6 Å². The second-order valence-electron chi connectivity index (χ2n) is 4.98. The van der Waals surface area contributed by atoms with E-state index in [4.69, 9.17) is 10.9 Å². The third kappa shape index (κ3) is 4.63. The van der Waals surface area contributed by atoms with Crippen molar-refractivity contribution >= 4 is 16.0 Å². The van der Waals surface area contributed by atoms with Crippen LogP contribution >= 0.6 is 0 Å². The van der Waals surface area contributed by atoms with Crippen LogP contribution in [0.25, 0.3) is 0 Å². The maximum Gasteiger partial charge on any atom is 0.277 e. The van der Waals surface area contributed by atoms with E-state index in [0.717, 1.165) is 25.7 Å². The summed E-state index contributed by atoms with van der Waals surface area (Å²) in [7, 11) is -3.65. The largest absolute Gasteiger partial charge is 0.409 e. The average molecular weight is 292 g/mol. The van der Waals surface area contributed by atoms with Gasteiger partial charge in [0.25, 0.3) is 10.2 Å². The molecular weight excluding hydrogens is 268 g/mol. The number of nitrogens with one attached hydrogen (secondary N) is 2. The number of rotatable bonds is 6. The van der Waals surface area contributed by atoms with Crippen LogP contribution in [0, 0.1) is 0 Å². The Hall–Kier alpha value is -0.860. The molecule has 0 aliphatic heterocycles. The monoisotopic (exact) mass is 292 g/mol. The van der Waals surface area contributed by atoms with Gasteiger partial charge in [-0.1, -0.05) is 37.8 Å². The highest BCUT2D eigenvalue weighted by Crippen LogP contribution is 2.28. The molecule has 0 aromatic rings. The van der Waals surface area contributed by atoms with Crippen molar-refractivity contribution in [3.8, 4) is 0 Å².